The van der Waals surface area contributed by atoms with Gasteiger partial charge in [0.05, 0.1) is 17.1 Å². The summed E-state index contributed by atoms with van der Waals surface area (Å²) in [6.07, 6.45) is 0. The highest BCUT2D eigenvalue weighted by atomic mass is 19.1. The Labute approximate surface area is 148 Å². The number of carbonyl (C=O) groups is 1. The van der Waals surface area contributed by atoms with Crippen LogP contribution in [0.15, 0.2) is 65.1 Å². The van der Waals surface area contributed by atoms with Crippen LogP contribution in [0.1, 0.15) is 29.3 Å². The number of imidazole rings is 1. The highest BCUT2D eigenvalue weighted by molar-refractivity contribution is 5.92. The molecule has 0 bridgehead atoms. The molecule has 5 nitrogen and oxygen atoms in total. The number of aromatic amines is 1. The van der Waals surface area contributed by atoms with Gasteiger partial charge in [-0.2, -0.15) is 0 Å². The van der Waals surface area contributed by atoms with Gasteiger partial charge in [0, 0.05) is 5.56 Å². The number of nitrogens with zero attached hydrogens (tertiary/aromatic N) is 1. The number of hydrogen-bond acceptors (Lipinski definition) is 3. The maximum absolute atomic E-state index is 13.0. The van der Waals surface area contributed by atoms with Crippen molar-refractivity contribution in [1.82, 2.24) is 15.3 Å². The van der Waals surface area contributed by atoms with Gasteiger partial charge < -0.3 is 14.7 Å². The molecule has 0 spiro atoms. The summed E-state index contributed by atoms with van der Waals surface area (Å²) in [6.45, 7) is 1.85. The molecule has 1 atom stereocenters. The van der Waals surface area contributed by atoms with E-state index >= 15 is 0 Å². The van der Waals surface area contributed by atoms with Crippen LogP contribution >= 0.6 is 0 Å². The van der Waals surface area contributed by atoms with Gasteiger partial charge in [-0.3, -0.25) is 4.79 Å². The van der Waals surface area contributed by atoms with E-state index in [2.05, 4.69) is 15.3 Å². The fraction of sp³-hybridized carbons (Fsp3) is 0.100. The summed E-state index contributed by atoms with van der Waals surface area (Å²) in [5, 5.41) is 2.86. The first-order valence-electron chi connectivity index (χ1n) is 8.21. The number of carbonyl (C=O) groups excluding carboxylic acids is 1. The van der Waals surface area contributed by atoms with Crippen LogP contribution in [0.4, 0.5) is 4.39 Å². The summed E-state index contributed by atoms with van der Waals surface area (Å²) in [6, 6.07) is 16.6. The number of rotatable bonds is 4. The molecule has 130 valence electrons. The molecule has 4 rings (SSSR count). The Kier molecular flexibility index (Phi) is 4.01. The zero-order valence-electron chi connectivity index (χ0n) is 14.0. The molecular weight excluding hydrogens is 333 g/mol. The van der Waals surface area contributed by atoms with Crippen molar-refractivity contribution in [2.45, 2.75) is 13.0 Å². The fourth-order valence-corrected chi connectivity index (χ4v) is 2.74. The number of furan rings is 1. The van der Waals surface area contributed by atoms with Crippen LogP contribution in [0.5, 0.6) is 0 Å². The summed E-state index contributed by atoms with van der Waals surface area (Å²) >= 11 is 0. The van der Waals surface area contributed by atoms with Crippen molar-refractivity contribution in [2.24, 2.45) is 0 Å². The van der Waals surface area contributed by atoms with E-state index in [1.165, 1.54) is 12.1 Å². The van der Waals surface area contributed by atoms with E-state index in [1.807, 2.05) is 31.2 Å². The molecule has 0 aliphatic carbocycles. The number of H-pyrrole nitrogens is 1. The van der Waals surface area contributed by atoms with Crippen molar-refractivity contribution < 1.29 is 13.6 Å². The number of para-hydroxylation sites is 2. The number of amides is 1. The van der Waals surface area contributed by atoms with Crippen molar-refractivity contribution in [3.05, 3.63) is 78.1 Å². The predicted octanol–water partition coefficient (Wildman–Crippen LogP) is 4.45. The third kappa shape index (κ3) is 3.09. The van der Waals surface area contributed by atoms with E-state index in [4.69, 9.17) is 4.42 Å². The van der Waals surface area contributed by atoms with Crippen LogP contribution in [-0.2, 0) is 0 Å². The van der Waals surface area contributed by atoms with Gasteiger partial charge in [0.2, 0.25) is 0 Å². The van der Waals surface area contributed by atoms with Crippen LogP contribution < -0.4 is 5.32 Å². The van der Waals surface area contributed by atoms with E-state index < -0.39 is 0 Å². The minimum absolute atomic E-state index is 0.187. The molecule has 0 radical (unpaired) electrons. The van der Waals surface area contributed by atoms with Gasteiger partial charge in [-0.25, -0.2) is 9.37 Å². The molecule has 0 saturated heterocycles. The zero-order valence-corrected chi connectivity index (χ0v) is 14.0. The van der Waals surface area contributed by atoms with Crippen molar-refractivity contribution in [3.8, 4) is 11.3 Å². The number of nitrogens with one attached hydrogen (secondary N) is 2. The number of hydrogen-bond donors (Lipinski definition) is 2. The molecule has 2 N–H and O–H groups in total. The molecule has 0 aliphatic heterocycles. The van der Waals surface area contributed by atoms with Gasteiger partial charge in [-0.1, -0.05) is 12.1 Å². The number of aromatic nitrogens is 2. The minimum Gasteiger partial charge on any atom is -0.451 e. The average Bonchev–Trinajstić information content (AvgIpc) is 3.29. The Hall–Kier alpha value is -3.41. The molecule has 2 heterocycles. The molecule has 6 heteroatoms. The summed E-state index contributed by atoms with van der Waals surface area (Å²) in [5.74, 6) is 0.702. The Morgan fingerprint density at radius 3 is 2.65 bits per heavy atom. The van der Waals surface area contributed by atoms with Crippen LogP contribution in [-0.4, -0.2) is 15.9 Å². The Morgan fingerprint density at radius 2 is 1.88 bits per heavy atom. The lowest BCUT2D eigenvalue weighted by molar-refractivity contribution is 0.0911. The molecule has 2 aromatic carbocycles. The van der Waals surface area contributed by atoms with Crippen molar-refractivity contribution in [2.75, 3.05) is 0 Å². The van der Waals surface area contributed by atoms with Gasteiger partial charge in [0.25, 0.3) is 5.91 Å². The topological polar surface area (TPSA) is 70.9 Å². The Morgan fingerprint density at radius 1 is 1.12 bits per heavy atom. The average molecular weight is 349 g/mol. The van der Waals surface area contributed by atoms with Crippen LogP contribution in [0.3, 0.4) is 0 Å². The van der Waals surface area contributed by atoms with Gasteiger partial charge in [-0.05, 0) is 55.5 Å². The first-order valence-corrected chi connectivity index (χ1v) is 8.21. The SMILES string of the molecule is CC(NC(=O)c1ccc(-c2ccc(F)cc2)o1)c1nc2ccccc2[nH]1. The quantitative estimate of drug-likeness (QED) is 0.572. The van der Waals surface area contributed by atoms with Crippen LogP contribution in [0.25, 0.3) is 22.4 Å². The smallest absolute Gasteiger partial charge is 0.287 e. The molecule has 1 unspecified atom stereocenters. The standard InChI is InChI=1S/C20H16FN3O2/c1-12(19-23-15-4-2-3-5-16(15)24-19)22-20(25)18-11-10-17(26-18)13-6-8-14(21)9-7-13/h2-12H,1H3,(H,22,25)(H,23,24). The van der Waals surface area contributed by atoms with Gasteiger partial charge in [0.15, 0.2) is 5.76 Å². The summed E-state index contributed by atoms with van der Waals surface area (Å²) in [4.78, 5) is 20.1. The lowest BCUT2D eigenvalue weighted by atomic mass is 10.2. The Bertz CT molecular complexity index is 1030. The molecule has 2 aromatic heterocycles. The zero-order chi connectivity index (χ0) is 18.1. The van der Waals surface area contributed by atoms with Crippen molar-refractivity contribution >= 4 is 16.9 Å². The van der Waals surface area contributed by atoms with Crippen molar-refractivity contribution in [1.29, 1.82) is 0 Å². The monoisotopic (exact) mass is 349 g/mol. The summed E-state index contributed by atoms with van der Waals surface area (Å²) in [5.41, 5.74) is 2.47. The molecule has 0 saturated carbocycles. The lowest BCUT2D eigenvalue weighted by Gasteiger charge is -2.09. The second-order valence-electron chi connectivity index (χ2n) is 6.01. The summed E-state index contributed by atoms with van der Waals surface area (Å²) < 4.78 is 18.6. The molecule has 4 aromatic rings. The maximum Gasteiger partial charge on any atom is 0.287 e. The minimum atomic E-state index is -0.341. The molecular formula is C20H16FN3O2. The lowest BCUT2D eigenvalue weighted by Crippen LogP contribution is -2.26. The third-order valence-electron chi connectivity index (χ3n) is 4.12. The van der Waals surface area contributed by atoms with Crippen LogP contribution in [0, 0.1) is 5.82 Å². The summed E-state index contributed by atoms with van der Waals surface area (Å²) in [7, 11) is 0. The fourth-order valence-electron chi connectivity index (χ4n) is 2.74. The maximum atomic E-state index is 13.0. The Balaban J connectivity index is 1.50. The largest absolute Gasteiger partial charge is 0.451 e. The van der Waals surface area contributed by atoms with Gasteiger partial charge in [-0.15, -0.1) is 0 Å². The van der Waals surface area contributed by atoms with E-state index in [0.717, 1.165) is 11.0 Å². The second kappa shape index (κ2) is 6.48. The van der Waals surface area contributed by atoms with E-state index in [1.54, 1.807) is 24.3 Å². The van der Waals surface area contributed by atoms with Gasteiger partial charge >= 0.3 is 0 Å². The van der Waals surface area contributed by atoms with E-state index in [0.29, 0.717) is 17.1 Å². The van der Waals surface area contributed by atoms with Crippen molar-refractivity contribution in [3.63, 3.8) is 0 Å². The molecule has 1 amide bonds. The molecule has 0 aliphatic rings. The molecule has 0 fully saturated rings. The molecule has 26 heavy (non-hydrogen) atoms. The normalized spacial score (nSPS) is 12.2. The second-order valence-corrected chi connectivity index (χ2v) is 6.01. The predicted molar refractivity (Wildman–Crippen MR) is 96.1 cm³/mol. The highest BCUT2D eigenvalue weighted by Crippen LogP contribution is 2.23. The van der Waals surface area contributed by atoms with Crippen LogP contribution in [0.2, 0.25) is 0 Å². The highest BCUT2D eigenvalue weighted by Gasteiger charge is 2.17. The van der Waals surface area contributed by atoms with E-state index in [-0.39, 0.29) is 23.5 Å². The number of benzene rings is 2. The van der Waals surface area contributed by atoms with Gasteiger partial charge in [0.1, 0.15) is 17.4 Å². The number of fused-ring (bicyclic) bond motifs is 1. The van der Waals surface area contributed by atoms with E-state index in [9.17, 15) is 9.18 Å². The number of halogens is 1. The first kappa shape index (κ1) is 16.1. The third-order valence-corrected chi connectivity index (χ3v) is 4.12. The first-order chi connectivity index (χ1) is 12.6.